The van der Waals surface area contributed by atoms with Crippen LogP contribution in [0.15, 0.2) is 48.5 Å². The normalized spacial score (nSPS) is 14.9. The number of benzene rings is 2. The molecule has 1 aliphatic heterocycles. The SMILES string of the molecule is CN(C)c1ccc(NC(=O)N2CCN(CCc3ccc(F)cc3)CC2)cc1. The van der Waals surface area contributed by atoms with E-state index in [1.165, 1.54) is 12.1 Å². The molecule has 0 aliphatic carbocycles. The third kappa shape index (κ3) is 5.44. The Morgan fingerprint density at radius 2 is 1.63 bits per heavy atom. The largest absolute Gasteiger partial charge is 0.378 e. The number of piperazine rings is 1. The molecule has 1 fully saturated rings. The minimum Gasteiger partial charge on any atom is -0.378 e. The van der Waals surface area contributed by atoms with Gasteiger partial charge in [0.2, 0.25) is 0 Å². The maximum Gasteiger partial charge on any atom is 0.321 e. The number of hydrogen-bond acceptors (Lipinski definition) is 3. The van der Waals surface area contributed by atoms with Crippen LogP contribution in [0.25, 0.3) is 0 Å². The second kappa shape index (κ2) is 8.86. The number of nitrogens with zero attached hydrogens (tertiary/aromatic N) is 3. The van der Waals surface area contributed by atoms with Crippen LogP contribution < -0.4 is 10.2 Å². The Labute approximate surface area is 160 Å². The van der Waals surface area contributed by atoms with Gasteiger partial charge in [-0.05, 0) is 48.4 Å². The summed E-state index contributed by atoms with van der Waals surface area (Å²) in [6, 6.07) is 14.4. The Hall–Kier alpha value is -2.60. The van der Waals surface area contributed by atoms with Crippen LogP contribution in [0.2, 0.25) is 0 Å². The highest BCUT2D eigenvalue weighted by Gasteiger charge is 2.20. The minimum atomic E-state index is -0.199. The van der Waals surface area contributed by atoms with Gasteiger partial charge >= 0.3 is 6.03 Å². The Kier molecular flexibility index (Phi) is 6.29. The number of rotatable bonds is 5. The first kappa shape index (κ1) is 19.2. The highest BCUT2D eigenvalue weighted by molar-refractivity contribution is 5.89. The van der Waals surface area contributed by atoms with E-state index in [0.29, 0.717) is 13.1 Å². The molecule has 0 saturated carbocycles. The van der Waals surface area contributed by atoms with E-state index in [2.05, 4.69) is 10.2 Å². The van der Waals surface area contributed by atoms with Crippen molar-refractivity contribution in [3.8, 4) is 0 Å². The van der Waals surface area contributed by atoms with Gasteiger partial charge in [0, 0.05) is 58.2 Å². The molecule has 144 valence electrons. The van der Waals surface area contributed by atoms with Gasteiger partial charge in [0.05, 0.1) is 0 Å². The fourth-order valence-corrected chi connectivity index (χ4v) is 3.16. The topological polar surface area (TPSA) is 38.8 Å². The summed E-state index contributed by atoms with van der Waals surface area (Å²) in [6.07, 6.45) is 0.894. The number of nitrogens with one attached hydrogen (secondary N) is 1. The molecule has 0 spiro atoms. The summed E-state index contributed by atoms with van der Waals surface area (Å²) in [4.78, 5) is 18.7. The average Bonchev–Trinajstić information content (AvgIpc) is 2.68. The van der Waals surface area contributed by atoms with Crippen LogP contribution in [0.5, 0.6) is 0 Å². The molecule has 2 aromatic carbocycles. The molecule has 1 aliphatic rings. The molecule has 0 radical (unpaired) electrons. The lowest BCUT2D eigenvalue weighted by atomic mass is 10.1. The van der Waals surface area contributed by atoms with Crippen molar-refractivity contribution >= 4 is 17.4 Å². The average molecular weight is 370 g/mol. The number of carbonyl (C=O) groups excluding carboxylic acids is 1. The number of amides is 2. The number of urea groups is 1. The van der Waals surface area contributed by atoms with E-state index in [9.17, 15) is 9.18 Å². The lowest BCUT2D eigenvalue weighted by molar-refractivity contribution is 0.148. The van der Waals surface area contributed by atoms with E-state index >= 15 is 0 Å². The standard InChI is InChI=1S/C21H27FN4O/c1-24(2)20-9-7-19(8-10-20)23-21(27)26-15-13-25(14-16-26)12-11-17-3-5-18(22)6-4-17/h3-10H,11-16H2,1-2H3,(H,23,27). The van der Waals surface area contributed by atoms with Crippen LogP contribution in [0, 0.1) is 5.82 Å². The summed E-state index contributed by atoms with van der Waals surface area (Å²) in [5, 5.41) is 2.97. The molecular formula is C21H27FN4O. The Morgan fingerprint density at radius 3 is 2.22 bits per heavy atom. The van der Waals surface area contributed by atoms with E-state index in [0.717, 1.165) is 43.0 Å². The van der Waals surface area contributed by atoms with Gasteiger partial charge < -0.3 is 15.1 Å². The van der Waals surface area contributed by atoms with Crippen molar-refractivity contribution in [3.05, 3.63) is 59.9 Å². The number of carbonyl (C=O) groups is 1. The molecule has 6 heteroatoms. The Morgan fingerprint density at radius 1 is 1.00 bits per heavy atom. The molecule has 2 aromatic rings. The summed E-state index contributed by atoms with van der Waals surface area (Å²) < 4.78 is 13.0. The van der Waals surface area contributed by atoms with Crippen molar-refractivity contribution in [3.63, 3.8) is 0 Å². The van der Waals surface area contributed by atoms with Gasteiger partial charge in [0.15, 0.2) is 0 Å². The maximum absolute atomic E-state index is 13.0. The second-order valence-electron chi connectivity index (χ2n) is 7.08. The lowest BCUT2D eigenvalue weighted by Gasteiger charge is -2.34. The third-order valence-corrected chi connectivity index (χ3v) is 4.92. The van der Waals surface area contributed by atoms with E-state index in [4.69, 9.17) is 0 Å². The van der Waals surface area contributed by atoms with Crippen molar-refractivity contribution in [2.45, 2.75) is 6.42 Å². The first-order valence-electron chi connectivity index (χ1n) is 9.31. The molecule has 3 rings (SSSR count). The number of halogens is 1. The van der Waals surface area contributed by atoms with Crippen LogP contribution >= 0.6 is 0 Å². The highest BCUT2D eigenvalue weighted by atomic mass is 19.1. The van der Waals surface area contributed by atoms with Gasteiger partial charge in [0.25, 0.3) is 0 Å². The fraction of sp³-hybridized carbons (Fsp3) is 0.381. The van der Waals surface area contributed by atoms with Crippen LogP contribution in [0.4, 0.5) is 20.6 Å². The summed E-state index contributed by atoms with van der Waals surface area (Å²) in [5.74, 6) is -0.199. The van der Waals surface area contributed by atoms with Gasteiger partial charge in [-0.15, -0.1) is 0 Å². The molecule has 0 unspecified atom stereocenters. The second-order valence-corrected chi connectivity index (χ2v) is 7.08. The van der Waals surface area contributed by atoms with Gasteiger partial charge in [-0.2, -0.15) is 0 Å². The van der Waals surface area contributed by atoms with Crippen molar-refractivity contribution in [2.75, 3.05) is 57.0 Å². The summed E-state index contributed by atoms with van der Waals surface area (Å²) in [7, 11) is 3.98. The van der Waals surface area contributed by atoms with Crippen LogP contribution in [0.1, 0.15) is 5.56 Å². The van der Waals surface area contributed by atoms with Crippen LogP contribution in [0.3, 0.4) is 0 Å². The first-order valence-corrected chi connectivity index (χ1v) is 9.31. The molecule has 0 aromatic heterocycles. The van der Waals surface area contributed by atoms with Gasteiger partial charge in [-0.3, -0.25) is 4.90 Å². The summed E-state index contributed by atoms with van der Waals surface area (Å²) in [5.41, 5.74) is 3.05. The maximum atomic E-state index is 13.0. The molecule has 1 saturated heterocycles. The lowest BCUT2D eigenvalue weighted by Crippen LogP contribution is -2.50. The van der Waals surface area contributed by atoms with Crippen molar-refractivity contribution in [2.24, 2.45) is 0 Å². The monoisotopic (exact) mass is 370 g/mol. The molecule has 5 nitrogen and oxygen atoms in total. The Bertz CT molecular complexity index is 738. The van der Waals surface area contributed by atoms with Crippen LogP contribution in [-0.2, 0) is 6.42 Å². The molecule has 27 heavy (non-hydrogen) atoms. The molecule has 2 amide bonds. The predicted octanol–water partition coefficient (Wildman–Crippen LogP) is 3.28. The van der Waals surface area contributed by atoms with Crippen molar-refractivity contribution in [1.29, 1.82) is 0 Å². The van der Waals surface area contributed by atoms with Gasteiger partial charge in [-0.1, -0.05) is 12.1 Å². The Balaban J connectivity index is 1.42. The summed E-state index contributed by atoms with van der Waals surface area (Å²) in [6.45, 7) is 4.06. The minimum absolute atomic E-state index is 0.0502. The predicted molar refractivity (Wildman–Crippen MR) is 108 cm³/mol. The smallest absolute Gasteiger partial charge is 0.321 e. The zero-order chi connectivity index (χ0) is 19.2. The summed E-state index contributed by atoms with van der Waals surface area (Å²) >= 11 is 0. The zero-order valence-electron chi connectivity index (χ0n) is 16.0. The van der Waals surface area contributed by atoms with E-state index in [-0.39, 0.29) is 11.8 Å². The van der Waals surface area contributed by atoms with Crippen molar-refractivity contribution < 1.29 is 9.18 Å². The first-order chi connectivity index (χ1) is 13.0. The van der Waals surface area contributed by atoms with Gasteiger partial charge in [0.1, 0.15) is 5.82 Å². The van der Waals surface area contributed by atoms with Gasteiger partial charge in [-0.25, -0.2) is 9.18 Å². The number of hydrogen-bond donors (Lipinski definition) is 1. The molecule has 0 bridgehead atoms. The van der Waals surface area contributed by atoms with E-state index in [1.54, 1.807) is 0 Å². The molecular weight excluding hydrogens is 343 g/mol. The molecule has 1 N–H and O–H groups in total. The quantitative estimate of drug-likeness (QED) is 0.878. The third-order valence-electron chi connectivity index (χ3n) is 4.92. The van der Waals surface area contributed by atoms with Crippen LogP contribution in [-0.4, -0.2) is 62.7 Å². The fourth-order valence-electron chi connectivity index (χ4n) is 3.16. The zero-order valence-corrected chi connectivity index (χ0v) is 16.0. The number of anilines is 2. The van der Waals surface area contributed by atoms with E-state index in [1.807, 2.05) is 60.3 Å². The van der Waals surface area contributed by atoms with Crippen molar-refractivity contribution in [1.82, 2.24) is 9.80 Å². The molecule has 1 heterocycles. The highest BCUT2D eigenvalue weighted by Crippen LogP contribution is 2.16. The van der Waals surface area contributed by atoms with E-state index < -0.39 is 0 Å². The molecule has 0 atom stereocenters.